The van der Waals surface area contributed by atoms with Crippen molar-refractivity contribution in [2.75, 3.05) is 11.9 Å². The number of hydrogen-bond donors (Lipinski definition) is 1. The van der Waals surface area contributed by atoms with Gasteiger partial charge in [-0.15, -0.1) is 0 Å². The second-order valence-electron chi connectivity index (χ2n) is 4.57. The van der Waals surface area contributed by atoms with Crippen LogP contribution in [0.4, 0.5) is 10.1 Å². The van der Waals surface area contributed by atoms with E-state index in [1.54, 1.807) is 42.3 Å². The molecule has 3 nitrogen and oxygen atoms in total. The number of anilines is 1. The number of aliphatic hydroxyl groups is 1. The zero-order valence-corrected chi connectivity index (χ0v) is 11.2. The monoisotopic (exact) mass is 270 g/mol. The molecule has 0 saturated heterocycles. The first-order valence-corrected chi connectivity index (χ1v) is 6.24. The first-order valence-electron chi connectivity index (χ1n) is 6.24. The lowest BCUT2D eigenvalue weighted by atomic mass is 10.1. The Labute approximate surface area is 117 Å². The van der Waals surface area contributed by atoms with Crippen molar-refractivity contribution in [1.29, 1.82) is 5.26 Å². The molecule has 0 aliphatic carbocycles. The zero-order chi connectivity index (χ0) is 14.5. The molecule has 0 atom stereocenters. The number of hydrogen-bond acceptors (Lipinski definition) is 3. The SMILES string of the molecule is CN(Cc1cccc(C#N)c1)c1c(F)cccc1CO. The van der Waals surface area contributed by atoms with E-state index >= 15 is 0 Å². The fourth-order valence-electron chi connectivity index (χ4n) is 2.21. The van der Waals surface area contributed by atoms with E-state index in [4.69, 9.17) is 5.26 Å². The Morgan fingerprint density at radius 2 is 2.00 bits per heavy atom. The third-order valence-corrected chi connectivity index (χ3v) is 3.10. The molecule has 0 unspecified atom stereocenters. The van der Waals surface area contributed by atoms with Gasteiger partial charge in [0, 0.05) is 19.2 Å². The minimum absolute atomic E-state index is 0.213. The Kier molecular flexibility index (Phi) is 4.34. The molecule has 0 amide bonds. The summed E-state index contributed by atoms with van der Waals surface area (Å²) in [7, 11) is 1.76. The van der Waals surface area contributed by atoms with Crippen LogP contribution in [0.1, 0.15) is 16.7 Å². The van der Waals surface area contributed by atoms with Crippen molar-refractivity contribution in [3.05, 3.63) is 65.0 Å². The van der Waals surface area contributed by atoms with Crippen LogP contribution < -0.4 is 4.90 Å². The van der Waals surface area contributed by atoms with E-state index in [0.717, 1.165) is 5.56 Å². The number of halogens is 1. The molecule has 0 bridgehead atoms. The van der Waals surface area contributed by atoms with Crippen LogP contribution in [0.25, 0.3) is 0 Å². The molecule has 2 aromatic carbocycles. The summed E-state index contributed by atoms with van der Waals surface area (Å²) in [6.07, 6.45) is 0. The van der Waals surface area contributed by atoms with Gasteiger partial charge in [-0.1, -0.05) is 24.3 Å². The van der Waals surface area contributed by atoms with Crippen LogP contribution in [-0.4, -0.2) is 12.2 Å². The predicted molar refractivity (Wildman–Crippen MR) is 75.6 cm³/mol. The van der Waals surface area contributed by atoms with Gasteiger partial charge in [-0.2, -0.15) is 5.26 Å². The second-order valence-corrected chi connectivity index (χ2v) is 4.57. The molecule has 0 heterocycles. The standard InChI is InChI=1S/C16H15FN2O/c1-19(10-13-5-2-4-12(8-13)9-18)16-14(11-20)6-3-7-15(16)17/h2-8,20H,10-11H2,1H3. The molecule has 102 valence electrons. The number of benzene rings is 2. The number of rotatable bonds is 4. The van der Waals surface area contributed by atoms with Crippen LogP contribution in [0, 0.1) is 17.1 Å². The minimum atomic E-state index is -0.365. The largest absolute Gasteiger partial charge is 0.392 e. The minimum Gasteiger partial charge on any atom is -0.392 e. The highest BCUT2D eigenvalue weighted by atomic mass is 19.1. The molecule has 2 rings (SSSR count). The second kappa shape index (κ2) is 6.18. The average molecular weight is 270 g/mol. The van der Waals surface area contributed by atoms with Gasteiger partial charge in [-0.05, 0) is 23.8 Å². The Balaban J connectivity index is 2.28. The molecule has 0 aliphatic rings. The summed E-state index contributed by atoms with van der Waals surface area (Å²) in [4.78, 5) is 1.73. The van der Waals surface area contributed by atoms with Gasteiger partial charge in [0.2, 0.25) is 0 Å². The van der Waals surface area contributed by atoms with E-state index in [1.165, 1.54) is 6.07 Å². The van der Waals surface area contributed by atoms with Crippen LogP contribution in [0.3, 0.4) is 0 Å². The van der Waals surface area contributed by atoms with E-state index < -0.39 is 0 Å². The molecule has 4 heteroatoms. The highest BCUT2D eigenvalue weighted by molar-refractivity contribution is 5.54. The Morgan fingerprint density at radius 3 is 2.70 bits per heavy atom. The molecule has 0 spiro atoms. The molecule has 2 aromatic rings. The summed E-state index contributed by atoms with van der Waals surface area (Å²) in [5, 5.41) is 18.2. The first kappa shape index (κ1) is 14.0. The average Bonchev–Trinajstić information content (AvgIpc) is 2.46. The number of nitriles is 1. The van der Waals surface area contributed by atoms with Gasteiger partial charge in [0.25, 0.3) is 0 Å². The maximum atomic E-state index is 13.9. The van der Waals surface area contributed by atoms with E-state index in [0.29, 0.717) is 23.4 Å². The Bertz CT molecular complexity index is 649. The summed E-state index contributed by atoms with van der Waals surface area (Å²) >= 11 is 0. The molecule has 20 heavy (non-hydrogen) atoms. The molecular weight excluding hydrogens is 255 g/mol. The van der Waals surface area contributed by atoms with Gasteiger partial charge in [0.15, 0.2) is 0 Å². The Morgan fingerprint density at radius 1 is 1.25 bits per heavy atom. The van der Waals surface area contributed by atoms with Crippen LogP contribution in [0.15, 0.2) is 42.5 Å². The fraction of sp³-hybridized carbons (Fsp3) is 0.188. The van der Waals surface area contributed by atoms with Gasteiger partial charge in [0.1, 0.15) is 5.82 Å². The zero-order valence-electron chi connectivity index (χ0n) is 11.2. The summed E-state index contributed by atoms with van der Waals surface area (Å²) in [6.45, 7) is 0.249. The van der Waals surface area contributed by atoms with E-state index in [-0.39, 0.29) is 12.4 Å². The molecular formula is C16H15FN2O. The third kappa shape index (κ3) is 2.95. The smallest absolute Gasteiger partial charge is 0.146 e. The van der Waals surface area contributed by atoms with Crippen molar-refractivity contribution in [3.63, 3.8) is 0 Å². The van der Waals surface area contributed by atoms with Gasteiger partial charge in [0.05, 0.1) is 23.9 Å². The normalized spacial score (nSPS) is 10.1. The maximum Gasteiger partial charge on any atom is 0.146 e. The third-order valence-electron chi connectivity index (χ3n) is 3.10. The number of nitrogens with zero attached hydrogens (tertiary/aromatic N) is 2. The van der Waals surface area contributed by atoms with Crippen LogP contribution >= 0.6 is 0 Å². The van der Waals surface area contributed by atoms with Crippen molar-refractivity contribution in [2.45, 2.75) is 13.2 Å². The van der Waals surface area contributed by atoms with Crippen molar-refractivity contribution < 1.29 is 9.50 Å². The van der Waals surface area contributed by atoms with Crippen molar-refractivity contribution in [2.24, 2.45) is 0 Å². The van der Waals surface area contributed by atoms with Crippen LogP contribution in [0.2, 0.25) is 0 Å². The highest BCUT2D eigenvalue weighted by Crippen LogP contribution is 2.25. The molecule has 0 aromatic heterocycles. The van der Waals surface area contributed by atoms with Gasteiger partial charge >= 0.3 is 0 Å². The van der Waals surface area contributed by atoms with Gasteiger partial charge in [-0.25, -0.2) is 4.39 Å². The summed E-state index contributed by atoms with van der Waals surface area (Å²) in [5.74, 6) is -0.365. The lowest BCUT2D eigenvalue weighted by Crippen LogP contribution is -2.19. The summed E-state index contributed by atoms with van der Waals surface area (Å²) in [6, 6.07) is 13.9. The van der Waals surface area contributed by atoms with Gasteiger partial charge < -0.3 is 10.0 Å². The Hall–Kier alpha value is -2.38. The topological polar surface area (TPSA) is 47.3 Å². The summed E-state index contributed by atoms with van der Waals surface area (Å²) in [5.41, 5.74) is 2.42. The number of para-hydroxylation sites is 1. The first-order chi connectivity index (χ1) is 9.65. The molecule has 0 fully saturated rings. The van der Waals surface area contributed by atoms with Crippen LogP contribution in [0.5, 0.6) is 0 Å². The molecule has 1 N–H and O–H groups in total. The molecule has 0 radical (unpaired) electrons. The molecule has 0 aliphatic heterocycles. The lowest BCUT2D eigenvalue weighted by Gasteiger charge is -2.22. The van der Waals surface area contributed by atoms with Crippen LogP contribution in [-0.2, 0) is 13.2 Å². The lowest BCUT2D eigenvalue weighted by molar-refractivity contribution is 0.281. The predicted octanol–water partition coefficient (Wildman–Crippen LogP) is 2.83. The molecule has 0 saturated carbocycles. The van der Waals surface area contributed by atoms with E-state index in [9.17, 15) is 9.50 Å². The van der Waals surface area contributed by atoms with Crippen molar-refractivity contribution in [1.82, 2.24) is 0 Å². The van der Waals surface area contributed by atoms with Crippen molar-refractivity contribution >= 4 is 5.69 Å². The van der Waals surface area contributed by atoms with Gasteiger partial charge in [-0.3, -0.25) is 0 Å². The van der Waals surface area contributed by atoms with Crippen molar-refractivity contribution in [3.8, 4) is 6.07 Å². The maximum absolute atomic E-state index is 13.9. The van der Waals surface area contributed by atoms with E-state index in [2.05, 4.69) is 6.07 Å². The van der Waals surface area contributed by atoms with E-state index in [1.807, 2.05) is 6.07 Å². The highest BCUT2D eigenvalue weighted by Gasteiger charge is 2.12. The summed E-state index contributed by atoms with van der Waals surface area (Å²) < 4.78 is 13.9. The quantitative estimate of drug-likeness (QED) is 0.929. The number of aliphatic hydroxyl groups excluding tert-OH is 1. The fourth-order valence-corrected chi connectivity index (χ4v) is 2.21.